The summed E-state index contributed by atoms with van der Waals surface area (Å²) in [5, 5.41) is 0. The first-order valence-electron chi connectivity index (χ1n) is 6.04. The Morgan fingerprint density at radius 1 is 1.37 bits per heavy atom. The van der Waals surface area contributed by atoms with Crippen LogP contribution in [0.25, 0.3) is 0 Å². The molecule has 0 spiro atoms. The van der Waals surface area contributed by atoms with Gasteiger partial charge in [-0.2, -0.15) is 17.5 Å². The number of nitrogens with zero attached hydrogens (tertiary/aromatic N) is 1. The van der Waals surface area contributed by atoms with Gasteiger partial charge in [-0.15, -0.1) is 0 Å². The van der Waals surface area contributed by atoms with E-state index < -0.39 is 40.9 Å². The fraction of sp³-hybridized carbons (Fsp3) is 1.00. The van der Waals surface area contributed by atoms with Gasteiger partial charge in [0.05, 0.1) is 18.0 Å². The van der Waals surface area contributed by atoms with Crippen LogP contribution in [-0.2, 0) is 14.8 Å². The maximum absolute atomic E-state index is 12.0. The van der Waals surface area contributed by atoms with Gasteiger partial charge < -0.3 is 10.5 Å². The van der Waals surface area contributed by atoms with Crippen molar-refractivity contribution >= 4 is 10.0 Å². The van der Waals surface area contributed by atoms with Crippen LogP contribution in [-0.4, -0.2) is 56.5 Å². The first kappa shape index (κ1) is 16.7. The highest BCUT2D eigenvalue weighted by molar-refractivity contribution is 7.89. The van der Waals surface area contributed by atoms with Gasteiger partial charge in [0.2, 0.25) is 10.0 Å². The smallest absolute Gasteiger partial charge is 0.371 e. The summed E-state index contributed by atoms with van der Waals surface area (Å²) in [6.45, 7) is 2.15. The average molecular weight is 304 g/mol. The maximum atomic E-state index is 12.0. The monoisotopic (exact) mass is 304 g/mol. The lowest BCUT2D eigenvalue weighted by molar-refractivity contribution is -0.134. The minimum absolute atomic E-state index is 0.106. The van der Waals surface area contributed by atoms with E-state index in [0.29, 0.717) is 0 Å². The second-order valence-corrected chi connectivity index (χ2v) is 6.74. The number of alkyl halides is 3. The standard InChI is InChI=1S/C10H19F3N2O3S/c1-8-6-15(7-9(5-14)18-8)19(16,17)4-2-3-10(11,12)13/h8-9H,2-7,14H2,1H3. The highest BCUT2D eigenvalue weighted by atomic mass is 32.2. The summed E-state index contributed by atoms with van der Waals surface area (Å²) < 4.78 is 66.5. The summed E-state index contributed by atoms with van der Waals surface area (Å²) in [4.78, 5) is 0. The van der Waals surface area contributed by atoms with Gasteiger partial charge in [0.25, 0.3) is 0 Å². The molecule has 0 aromatic rings. The lowest BCUT2D eigenvalue weighted by Gasteiger charge is -2.35. The number of halogens is 3. The first-order chi connectivity index (χ1) is 8.64. The van der Waals surface area contributed by atoms with Crippen molar-refractivity contribution in [3.8, 4) is 0 Å². The number of ether oxygens (including phenoxy) is 1. The van der Waals surface area contributed by atoms with E-state index in [9.17, 15) is 21.6 Å². The van der Waals surface area contributed by atoms with E-state index in [1.807, 2.05) is 0 Å². The summed E-state index contributed by atoms with van der Waals surface area (Å²) in [5.74, 6) is -0.503. The molecule has 114 valence electrons. The Kier molecular flexibility index (Phi) is 5.60. The molecule has 5 nitrogen and oxygen atoms in total. The lowest BCUT2D eigenvalue weighted by atomic mass is 10.2. The van der Waals surface area contributed by atoms with Crippen molar-refractivity contribution in [3.63, 3.8) is 0 Å². The molecule has 1 fully saturated rings. The van der Waals surface area contributed by atoms with Crippen LogP contribution in [0.4, 0.5) is 13.2 Å². The van der Waals surface area contributed by atoms with Crippen molar-refractivity contribution in [2.24, 2.45) is 5.73 Å². The van der Waals surface area contributed by atoms with E-state index in [0.717, 1.165) is 0 Å². The molecular formula is C10H19F3N2O3S. The Hall–Kier alpha value is -0.380. The minimum Gasteiger partial charge on any atom is -0.371 e. The molecule has 0 aliphatic carbocycles. The predicted molar refractivity (Wildman–Crippen MR) is 64.0 cm³/mol. The zero-order valence-corrected chi connectivity index (χ0v) is 11.5. The summed E-state index contributed by atoms with van der Waals surface area (Å²) in [6.07, 6.45) is -6.55. The Morgan fingerprint density at radius 3 is 2.53 bits per heavy atom. The number of rotatable bonds is 5. The number of sulfonamides is 1. The van der Waals surface area contributed by atoms with Gasteiger partial charge in [0.15, 0.2) is 0 Å². The van der Waals surface area contributed by atoms with Crippen molar-refractivity contribution in [3.05, 3.63) is 0 Å². The van der Waals surface area contributed by atoms with E-state index >= 15 is 0 Å². The van der Waals surface area contributed by atoms with Crippen LogP contribution >= 0.6 is 0 Å². The van der Waals surface area contributed by atoms with Crippen molar-refractivity contribution in [1.82, 2.24) is 4.31 Å². The van der Waals surface area contributed by atoms with Crippen LogP contribution < -0.4 is 5.73 Å². The Bertz CT molecular complexity index is 386. The maximum Gasteiger partial charge on any atom is 0.389 e. The molecule has 0 bridgehead atoms. The van der Waals surface area contributed by atoms with Gasteiger partial charge in [0.1, 0.15) is 0 Å². The van der Waals surface area contributed by atoms with Gasteiger partial charge in [0, 0.05) is 26.1 Å². The van der Waals surface area contributed by atoms with Crippen LogP contribution in [0, 0.1) is 0 Å². The van der Waals surface area contributed by atoms with E-state index in [1.54, 1.807) is 6.92 Å². The molecule has 1 aliphatic heterocycles. The van der Waals surface area contributed by atoms with E-state index in [1.165, 1.54) is 4.31 Å². The van der Waals surface area contributed by atoms with E-state index in [2.05, 4.69) is 0 Å². The summed E-state index contributed by atoms with van der Waals surface area (Å²) in [5.41, 5.74) is 5.43. The van der Waals surface area contributed by atoms with Crippen LogP contribution in [0.1, 0.15) is 19.8 Å². The minimum atomic E-state index is -4.33. The Morgan fingerprint density at radius 2 is 2.00 bits per heavy atom. The SMILES string of the molecule is CC1CN(S(=O)(=O)CCCC(F)(F)F)CC(CN)O1. The third-order valence-electron chi connectivity index (χ3n) is 2.81. The largest absolute Gasteiger partial charge is 0.389 e. The molecule has 0 aromatic carbocycles. The third-order valence-corrected chi connectivity index (χ3v) is 4.70. The van der Waals surface area contributed by atoms with Gasteiger partial charge >= 0.3 is 6.18 Å². The number of nitrogens with two attached hydrogens (primary N) is 1. The van der Waals surface area contributed by atoms with Crippen LogP contribution in [0.2, 0.25) is 0 Å². The molecule has 19 heavy (non-hydrogen) atoms. The number of morpholine rings is 1. The zero-order valence-electron chi connectivity index (χ0n) is 10.7. The van der Waals surface area contributed by atoms with Gasteiger partial charge in [-0.25, -0.2) is 8.42 Å². The molecule has 2 atom stereocenters. The van der Waals surface area contributed by atoms with Crippen LogP contribution in [0.3, 0.4) is 0 Å². The van der Waals surface area contributed by atoms with Gasteiger partial charge in [-0.1, -0.05) is 0 Å². The van der Waals surface area contributed by atoms with Gasteiger partial charge in [-0.3, -0.25) is 0 Å². The summed E-state index contributed by atoms with van der Waals surface area (Å²) in [6, 6.07) is 0. The molecule has 1 heterocycles. The van der Waals surface area contributed by atoms with Crippen molar-refractivity contribution in [1.29, 1.82) is 0 Å². The fourth-order valence-corrected chi connectivity index (χ4v) is 3.54. The van der Waals surface area contributed by atoms with Crippen LogP contribution in [0.15, 0.2) is 0 Å². The molecule has 1 saturated heterocycles. The van der Waals surface area contributed by atoms with E-state index in [4.69, 9.17) is 10.5 Å². The molecule has 1 rings (SSSR count). The van der Waals surface area contributed by atoms with Crippen LogP contribution in [0.5, 0.6) is 0 Å². The van der Waals surface area contributed by atoms with Crippen molar-refractivity contribution in [2.45, 2.75) is 38.1 Å². The number of hydrogen-bond acceptors (Lipinski definition) is 4. The molecular weight excluding hydrogens is 285 g/mol. The molecule has 0 aromatic heterocycles. The molecule has 0 amide bonds. The van der Waals surface area contributed by atoms with Crippen molar-refractivity contribution in [2.75, 3.05) is 25.4 Å². The lowest BCUT2D eigenvalue weighted by Crippen LogP contribution is -2.51. The Labute approximate surface area is 110 Å². The normalized spacial score (nSPS) is 26.6. The predicted octanol–water partition coefficient (Wildman–Crippen LogP) is 0.707. The Balaban J connectivity index is 2.56. The topological polar surface area (TPSA) is 72.6 Å². The molecule has 0 radical (unpaired) electrons. The highest BCUT2D eigenvalue weighted by Crippen LogP contribution is 2.23. The first-order valence-corrected chi connectivity index (χ1v) is 7.65. The zero-order chi connectivity index (χ0) is 14.7. The molecule has 2 unspecified atom stereocenters. The fourth-order valence-electron chi connectivity index (χ4n) is 1.94. The third kappa shape index (κ3) is 5.64. The molecule has 0 saturated carbocycles. The van der Waals surface area contributed by atoms with E-state index in [-0.39, 0.29) is 25.7 Å². The molecule has 1 aliphatic rings. The van der Waals surface area contributed by atoms with Crippen molar-refractivity contribution < 1.29 is 26.3 Å². The average Bonchev–Trinajstić information content (AvgIpc) is 2.26. The second kappa shape index (κ2) is 6.38. The summed E-state index contributed by atoms with van der Waals surface area (Å²) >= 11 is 0. The summed E-state index contributed by atoms with van der Waals surface area (Å²) in [7, 11) is -3.68. The highest BCUT2D eigenvalue weighted by Gasteiger charge is 2.33. The second-order valence-electron chi connectivity index (χ2n) is 4.66. The molecule has 2 N–H and O–H groups in total. The quantitative estimate of drug-likeness (QED) is 0.812. The number of hydrogen-bond donors (Lipinski definition) is 1. The van der Waals surface area contributed by atoms with Gasteiger partial charge in [-0.05, 0) is 13.3 Å². The molecule has 9 heteroatoms.